The Morgan fingerprint density at radius 3 is 3.11 bits per heavy atom. The van der Waals surface area contributed by atoms with Gasteiger partial charge in [-0.2, -0.15) is 0 Å². The smallest absolute Gasteiger partial charge is 0.220 e. The van der Waals surface area contributed by atoms with Crippen LogP contribution in [0.4, 0.5) is 5.13 Å². The summed E-state index contributed by atoms with van der Waals surface area (Å²) in [7, 11) is 0. The molecule has 0 bridgehead atoms. The molecule has 1 aliphatic rings. The monoisotopic (exact) mass is 261 g/mol. The van der Waals surface area contributed by atoms with E-state index in [1.807, 2.05) is 0 Å². The highest BCUT2D eigenvalue weighted by atomic mass is 32.1. The summed E-state index contributed by atoms with van der Waals surface area (Å²) in [6.45, 7) is 2.76. The van der Waals surface area contributed by atoms with Crippen molar-refractivity contribution in [1.29, 1.82) is 0 Å². The fraction of sp³-hybridized carbons (Fsp3) is 0.385. The van der Waals surface area contributed by atoms with Crippen molar-refractivity contribution >= 4 is 32.6 Å². The van der Waals surface area contributed by atoms with Gasteiger partial charge >= 0.3 is 0 Å². The lowest BCUT2D eigenvalue weighted by Crippen LogP contribution is -2.41. The van der Waals surface area contributed by atoms with E-state index in [-0.39, 0.29) is 5.91 Å². The second kappa shape index (κ2) is 4.57. The van der Waals surface area contributed by atoms with Gasteiger partial charge in [-0.1, -0.05) is 23.5 Å². The molecule has 4 nitrogen and oxygen atoms in total. The Balaban J connectivity index is 1.79. The molecule has 1 aromatic carbocycles. The highest BCUT2D eigenvalue weighted by molar-refractivity contribution is 7.22. The largest absolute Gasteiger partial charge is 0.357 e. The molecule has 1 atom stereocenters. The molecular weight excluding hydrogens is 246 g/mol. The molecule has 1 aromatic heterocycles. The number of nitrogens with zero attached hydrogens (tertiary/aromatic N) is 1. The van der Waals surface area contributed by atoms with Crippen LogP contribution in [0.25, 0.3) is 10.2 Å². The molecule has 2 heterocycles. The minimum atomic E-state index is 0.146. The molecule has 1 aliphatic heterocycles. The fourth-order valence-corrected chi connectivity index (χ4v) is 3.20. The molecule has 0 spiro atoms. The molecule has 18 heavy (non-hydrogen) atoms. The van der Waals surface area contributed by atoms with E-state index in [4.69, 9.17) is 0 Å². The Labute approximate surface area is 109 Å². The Bertz CT molecular complexity index is 583. The van der Waals surface area contributed by atoms with E-state index >= 15 is 0 Å². The maximum atomic E-state index is 11.1. The molecule has 1 amide bonds. The van der Waals surface area contributed by atoms with Crippen LogP contribution in [-0.4, -0.2) is 23.5 Å². The predicted molar refractivity (Wildman–Crippen MR) is 74.0 cm³/mol. The SMILES string of the molecule is Cc1cccc2sc(NC3CCC(=O)NC3)nc12. The Kier molecular flexibility index (Phi) is 2.91. The molecule has 0 radical (unpaired) electrons. The van der Waals surface area contributed by atoms with Crippen molar-refractivity contribution in [2.45, 2.75) is 25.8 Å². The van der Waals surface area contributed by atoms with Crippen molar-refractivity contribution in [2.75, 3.05) is 11.9 Å². The molecule has 1 unspecified atom stereocenters. The number of para-hydroxylation sites is 1. The minimum absolute atomic E-state index is 0.146. The number of piperidine rings is 1. The number of thiazole rings is 1. The quantitative estimate of drug-likeness (QED) is 0.872. The van der Waals surface area contributed by atoms with Crippen LogP contribution >= 0.6 is 11.3 Å². The van der Waals surface area contributed by atoms with Gasteiger partial charge in [-0.3, -0.25) is 4.79 Å². The first-order valence-corrected chi connectivity index (χ1v) is 6.93. The van der Waals surface area contributed by atoms with Gasteiger partial charge in [0.25, 0.3) is 0 Å². The summed E-state index contributed by atoms with van der Waals surface area (Å²) in [6, 6.07) is 6.52. The number of nitrogens with one attached hydrogen (secondary N) is 2. The molecule has 1 saturated heterocycles. The van der Waals surface area contributed by atoms with Gasteiger partial charge < -0.3 is 10.6 Å². The van der Waals surface area contributed by atoms with E-state index < -0.39 is 0 Å². The number of rotatable bonds is 2. The lowest BCUT2D eigenvalue weighted by molar-refractivity contribution is -0.122. The number of anilines is 1. The van der Waals surface area contributed by atoms with Crippen LogP contribution in [-0.2, 0) is 4.79 Å². The first-order valence-electron chi connectivity index (χ1n) is 6.12. The van der Waals surface area contributed by atoms with Gasteiger partial charge in [0.05, 0.1) is 10.2 Å². The molecule has 0 aliphatic carbocycles. The number of fused-ring (bicyclic) bond motifs is 1. The normalized spacial score (nSPS) is 19.8. The number of amides is 1. The van der Waals surface area contributed by atoms with Crippen molar-refractivity contribution in [3.8, 4) is 0 Å². The lowest BCUT2D eigenvalue weighted by atomic mass is 10.1. The summed E-state index contributed by atoms with van der Waals surface area (Å²) in [5.41, 5.74) is 2.28. The van der Waals surface area contributed by atoms with Crippen molar-refractivity contribution in [1.82, 2.24) is 10.3 Å². The number of hydrogen-bond acceptors (Lipinski definition) is 4. The number of aryl methyl sites for hydroxylation is 1. The Morgan fingerprint density at radius 2 is 2.39 bits per heavy atom. The third-order valence-electron chi connectivity index (χ3n) is 3.21. The Hall–Kier alpha value is -1.62. The van der Waals surface area contributed by atoms with Gasteiger partial charge in [0.1, 0.15) is 0 Å². The van der Waals surface area contributed by atoms with Crippen LogP contribution in [0.1, 0.15) is 18.4 Å². The van der Waals surface area contributed by atoms with Gasteiger partial charge in [0.2, 0.25) is 5.91 Å². The summed E-state index contributed by atoms with van der Waals surface area (Å²) >= 11 is 1.67. The number of carbonyl (C=O) groups is 1. The van der Waals surface area contributed by atoms with Crippen LogP contribution in [0.5, 0.6) is 0 Å². The lowest BCUT2D eigenvalue weighted by Gasteiger charge is -2.22. The maximum Gasteiger partial charge on any atom is 0.220 e. The van der Waals surface area contributed by atoms with E-state index in [0.29, 0.717) is 19.0 Å². The minimum Gasteiger partial charge on any atom is -0.357 e. The maximum absolute atomic E-state index is 11.1. The summed E-state index contributed by atoms with van der Waals surface area (Å²) in [5, 5.41) is 7.23. The average Bonchev–Trinajstić information content (AvgIpc) is 2.76. The third kappa shape index (κ3) is 2.18. The predicted octanol–water partition coefficient (Wildman–Crippen LogP) is 2.30. The van der Waals surface area contributed by atoms with Crippen LogP contribution in [0.15, 0.2) is 18.2 Å². The van der Waals surface area contributed by atoms with Gasteiger partial charge in [-0.05, 0) is 25.0 Å². The van der Waals surface area contributed by atoms with Crippen LogP contribution in [0.3, 0.4) is 0 Å². The zero-order valence-corrected chi connectivity index (χ0v) is 11.0. The third-order valence-corrected chi connectivity index (χ3v) is 4.17. The van der Waals surface area contributed by atoms with E-state index in [9.17, 15) is 4.79 Å². The van der Waals surface area contributed by atoms with E-state index in [0.717, 1.165) is 17.1 Å². The number of benzene rings is 1. The molecule has 1 fully saturated rings. The highest BCUT2D eigenvalue weighted by Crippen LogP contribution is 2.28. The topological polar surface area (TPSA) is 54.0 Å². The van der Waals surface area contributed by atoms with Crippen LogP contribution in [0.2, 0.25) is 0 Å². The average molecular weight is 261 g/mol. The van der Waals surface area contributed by atoms with Crippen molar-refractivity contribution in [2.24, 2.45) is 0 Å². The van der Waals surface area contributed by atoms with Gasteiger partial charge in [-0.25, -0.2) is 4.98 Å². The van der Waals surface area contributed by atoms with Gasteiger partial charge in [0, 0.05) is 19.0 Å². The molecular formula is C13H15N3OS. The zero-order valence-electron chi connectivity index (χ0n) is 10.2. The second-order valence-electron chi connectivity index (χ2n) is 4.62. The summed E-state index contributed by atoms with van der Waals surface area (Å²) in [6.07, 6.45) is 1.47. The summed E-state index contributed by atoms with van der Waals surface area (Å²) in [5.74, 6) is 0.146. The van der Waals surface area contributed by atoms with Crippen molar-refractivity contribution < 1.29 is 4.79 Å². The first-order chi connectivity index (χ1) is 8.72. The molecule has 0 saturated carbocycles. The molecule has 3 rings (SSSR count). The molecule has 5 heteroatoms. The Morgan fingerprint density at radius 1 is 1.50 bits per heavy atom. The van der Waals surface area contributed by atoms with E-state index in [2.05, 4.69) is 40.7 Å². The van der Waals surface area contributed by atoms with Gasteiger partial charge in [0.15, 0.2) is 5.13 Å². The number of aromatic nitrogens is 1. The zero-order chi connectivity index (χ0) is 12.5. The first kappa shape index (κ1) is 11.5. The standard InChI is InChI=1S/C13H15N3OS/c1-8-3-2-4-10-12(8)16-13(18-10)15-9-5-6-11(17)14-7-9/h2-4,9H,5-7H2,1H3,(H,14,17)(H,15,16). The van der Waals surface area contributed by atoms with Crippen LogP contribution < -0.4 is 10.6 Å². The van der Waals surface area contributed by atoms with Crippen molar-refractivity contribution in [3.63, 3.8) is 0 Å². The van der Waals surface area contributed by atoms with E-state index in [1.54, 1.807) is 11.3 Å². The summed E-state index contributed by atoms with van der Waals surface area (Å²) < 4.78 is 1.21. The fourth-order valence-electron chi connectivity index (χ4n) is 2.18. The van der Waals surface area contributed by atoms with E-state index in [1.165, 1.54) is 10.3 Å². The molecule has 2 N–H and O–H groups in total. The highest BCUT2D eigenvalue weighted by Gasteiger charge is 2.18. The van der Waals surface area contributed by atoms with Gasteiger partial charge in [-0.15, -0.1) is 0 Å². The number of carbonyl (C=O) groups excluding carboxylic acids is 1. The number of hydrogen-bond donors (Lipinski definition) is 2. The molecule has 94 valence electrons. The molecule has 2 aromatic rings. The second-order valence-corrected chi connectivity index (χ2v) is 5.66. The van der Waals surface area contributed by atoms with Crippen LogP contribution in [0, 0.1) is 6.92 Å². The van der Waals surface area contributed by atoms with Crippen molar-refractivity contribution in [3.05, 3.63) is 23.8 Å². The summed E-state index contributed by atoms with van der Waals surface area (Å²) in [4.78, 5) is 15.7.